The molecule has 0 saturated heterocycles. The lowest BCUT2D eigenvalue weighted by Gasteiger charge is -2.04. The maximum atomic E-state index is 12.1. The number of pyridine rings is 1. The number of ether oxygens (including phenoxy) is 1. The summed E-state index contributed by atoms with van der Waals surface area (Å²) in [6.45, 7) is 1.15. The normalized spacial score (nSPS) is 10.6. The Hall–Kier alpha value is -1.63. The van der Waals surface area contributed by atoms with Gasteiger partial charge in [0.05, 0.1) is 35.6 Å². The van der Waals surface area contributed by atoms with Gasteiger partial charge in [-0.1, -0.05) is 23.2 Å². The molecule has 0 saturated carbocycles. The summed E-state index contributed by atoms with van der Waals surface area (Å²) >= 11 is 11.7. The third-order valence-electron chi connectivity index (χ3n) is 2.48. The van der Waals surface area contributed by atoms with Crippen LogP contribution in [-0.4, -0.2) is 34.4 Å². The van der Waals surface area contributed by atoms with Gasteiger partial charge in [0, 0.05) is 19.5 Å². The minimum atomic E-state index is -0.370. The summed E-state index contributed by atoms with van der Waals surface area (Å²) in [5, 5.41) is 7.22. The van der Waals surface area contributed by atoms with E-state index in [0.717, 1.165) is 0 Å². The Morgan fingerprint density at radius 3 is 3.00 bits per heavy atom. The first-order valence-corrected chi connectivity index (χ1v) is 6.49. The van der Waals surface area contributed by atoms with Crippen LogP contribution in [0.15, 0.2) is 24.7 Å². The zero-order valence-electron chi connectivity index (χ0n) is 10.6. The number of methoxy groups -OCH3 is 1. The minimum absolute atomic E-state index is 0.204. The van der Waals surface area contributed by atoms with Gasteiger partial charge in [0.15, 0.2) is 0 Å². The summed E-state index contributed by atoms with van der Waals surface area (Å²) in [6, 6.07) is 1.41. The molecule has 2 heterocycles. The largest absolute Gasteiger partial charge is 0.383 e. The van der Waals surface area contributed by atoms with E-state index < -0.39 is 0 Å². The molecule has 0 aliphatic heterocycles. The highest BCUT2D eigenvalue weighted by molar-refractivity contribution is 6.35. The van der Waals surface area contributed by atoms with Gasteiger partial charge in [0.1, 0.15) is 5.15 Å². The number of hydrogen-bond donors (Lipinski definition) is 1. The Balaban J connectivity index is 2.07. The molecule has 2 aromatic rings. The Labute approximate surface area is 125 Å². The van der Waals surface area contributed by atoms with E-state index >= 15 is 0 Å². The average Bonchev–Trinajstić information content (AvgIpc) is 2.86. The summed E-state index contributed by atoms with van der Waals surface area (Å²) in [5.74, 6) is -0.370. The van der Waals surface area contributed by atoms with Crippen LogP contribution in [0.5, 0.6) is 0 Å². The summed E-state index contributed by atoms with van der Waals surface area (Å²) < 4.78 is 6.61. The number of carbonyl (C=O) groups excluding carboxylic acids is 1. The highest BCUT2D eigenvalue weighted by Gasteiger charge is 2.12. The van der Waals surface area contributed by atoms with Crippen molar-refractivity contribution in [1.82, 2.24) is 14.8 Å². The summed E-state index contributed by atoms with van der Waals surface area (Å²) in [7, 11) is 1.61. The van der Waals surface area contributed by atoms with Crippen LogP contribution in [0.1, 0.15) is 10.4 Å². The molecule has 0 unspecified atom stereocenters. The Bertz CT molecular complexity index is 615. The number of amides is 1. The van der Waals surface area contributed by atoms with Crippen molar-refractivity contribution in [2.75, 3.05) is 19.0 Å². The predicted molar refractivity (Wildman–Crippen MR) is 76.3 cm³/mol. The van der Waals surface area contributed by atoms with Crippen molar-refractivity contribution in [3.63, 3.8) is 0 Å². The van der Waals surface area contributed by atoms with Crippen molar-refractivity contribution in [3.05, 3.63) is 40.4 Å². The molecule has 0 fully saturated rings. The van der Waals surface area contributed by atoms with E-state index in [1.165, 1.54) is 12.3 Å². The van der Waals surface area contributed by atoms with Gasteiger partial charge in [0.25, 0.3) is 5.91 Å². The lowest BCUT2D eigenvalue weighted by molar-refractivity contribution is 0.102. The number of halogens is 2. The van der Waals surface area contributed by atoms with Crippen LogP contribution in [-0.2, 0) is 11.3 Å². The van der Waals surface area contributed by atoms with Gasteiger partial charge in [0.2, 0.25) is 0 Å². The Kier molecular flexibility index (Phi) is 4.94. The van der Waals surface area contributed by atoms with Crippen molar-refractivity contribution >= 4 is 34.8 Å². The smallest absolute Gasteiger partial charge is 0.257 e. The molecule has 20 heavy (non-hydrogen) atoms. The number of hydrogen-bond acceptors (Lipinski definition) is 4. The number of anilines is 1. The first-order chi connectivity index (χ1) is 9.60. The van der Waals surface area contributed by atoms with Gasteiger partial charge in [-0.05, 0) is 6.07 Å². The zero-order chi connectivity index (χ0) is 14.5. The fourth-order valence-electron chi connectivity index (χ4n) is 1.52. The fourth-order valence-corrected chi connectivity index (χ4v) is 1.87. The second-order valence-electron chi connectivity index (χ2n) is 3.93. The van der Waals surface area contributed by atoms with Crippen LogP contribution in [0.25, 0.3) is 0 Å². The lowest BCUT2D eigenvalue weighted by atomic mass is 10.2. The quantitative estimate of drug-likeness (QED) is 0.861. The van der Waals surface area contributed by atoms with Crippen molar-refractivity contribution in [2.24, 2.45) is 0 Å². The van der Waals surface area contributed by atoms with Crippen LogP contribution in [0.2, 0.25) is 10.2 Å². The van der Waals surface area contributed by atoms with Gasteiger partial charge in [-0.2, -0.15) is 5.10 Å². The van der Waals surface area contributed by atoms with Gasteiger partial charge in [-0.15, -0.1) is 0 Å². The molecule has 1 N–H and O–H groups in total. The second-order valence-corrected chi connectivity index (χ2v) is 4.72. The second kappa shape index (κ2) is 6.69. The van der Waals surface area contributed by atoms with Crippen LogP contribution in [0.4, 0.5) is 5.69 Å². The number of aromatic nitrogens is 3. The van der Waals surface area contributed by atoms with E-state index in [0.29, 0.717) is 18.8 Å². The Morgan fingerprint density at radius 1 is 1.45 bits per heavy atom. The molecule has 0 aliphatic carbocycles. The van der Waals surface area contributed by atoms with Gasteiger partial charge in [-0.25, -0.2) is 4.98 Å². The number of nitrogens with zero attached hydrogens (tertiary/aromatic N) is 3. The zero-order valence-corrected chi connectivity index (χ0v) is 12.1. The predicted octanol–water partition coefficient (Wildman–Crippen LogP) is 2.48. The molecule has 0 atom stereocenters. The van der Waals surface area contributed by atoms with Crippen LogP contribution >= 0.6 is 23.2 Å². The lowest BCUT2D eigenvalue weighted by Crippen LogP contribution is -2.12. The van der Waals surface area contributed by atoms with Crippen LogP contribution in [0, 0.1) is 0 Å². The summed E-state index contributed by atoms with van der Waals surface area (Å²) in [5.41, 5.74) is 0.825. The topological polar surface area (TPSA) is 69.0 Å². The minimum Gasteiger partial charge on any atom is -0.383 e. The third-order valence-corrected chi connectivity index (χ3v) is 2.99. The van der Waals surface area contributed by atoms with Gasteiger partial charge < -0.3 is 10.1 Å². The first-order valence-electron chi connectivity index (χ1n) is 5.74. The van der Waals surface area contributed by atoms with E-state index in [1.807, 2.05) is 0 Å². The molecule has 6 nitrogen and oxygen atoms in total. The third kappa shape index (κ3) is 3.69. The molecule has 106 valence electrons. The monoisotopic (exact) mass is 314 g/mol. The molecular formula is C12H12Cl2N4O2. The van der Waals surface area contributed by atoms with Crippen LogP contribution in [0.3, 0.4) is 0 Å². The van der Waals surface area contributed by atoms with E-state index in [9.17, 15) is 4.79 Å². The molecule has 0 aliphatic rings. The molecule has 0 bridgehead atoms. The fraction of sp³-hybridized carbons (Fsp3) is 0.250. The standard InChI is InChI=1S/C12H12Cl2N4O2/c1-20-3-2-18-7-8(5-16-18)17-12(19)9-4-11(14)15-6-10(9)13/h4-7H,2-3H2,1H3,(H,17,19). The number of nitrogens with one attached hydrogen (secondary N) is 1. The van der Waals surface area contributed by atoms with Crippen molar-refractivity contribution in [2.45, 2.75) is 6.54 Å². The molecule has 2 aromatic heterocycles. The Morgan fingerprint density at radius 2 is 2.25 bits per heavy atom. The molecular weight excluding hydrogens is 303 g/mol. The van der Waals surface area contributed by atoms with Crippen molar-refractivity contribution in [1.29, 1.82) is 0 Å². The highest BCUT2D eigenvalue weighted by atomic mass is 35.5. The van der Waals surface area contributed by atoms with E-state index in [4.69, 9.17) is 27.9 Å². The SMILES string of the molecule is COCCn1cc(NC(=O)c2cc(Cl)ncc2Cl)cn1. The van der Waals surface area contributed by atoms with E-state index in [2.05, 4.69) is 15.4 Å². The first kappa shape index (κ1) is 14.8. The maximum absolute atomic E-state index is 12.1. The molecule has 0 radical (unpaired) electrons. The van der Waals surface area contributed by atoms with Crippen molar-refractivity contribution < 1.29 is 9.53 Å². The van der Waals surface area contributed by atoms with E-state index in [-0.39, 0.29) is 21.6 Å². The maximum Gasteiger partial charge on any atom is 0.257 e. The van der Waals surface area contributed by atoms with Crippen molar-refractivity contribution in [3.8, 4) is 0 Å². The van der Waals surface area contributed by atoms with Gasteiger partial charge in [-0.3, -0.25) is 9.48 Å². The van der Waals surface area contributed by atoms with E-state index in [1.54, 1.807) is 24.2 Å². The van der Waals surface area contributed by atoms with Crippen LogP contribution < -0.4 is 5.32 Å². The summed E-state index contributed by atoms with van der Waals surface area (Å²) in [6.07, 6.45) is 4.58. The summed E-state index contributed by atoms with van der Waals surface area (Å²) in [4.78, 5) is 15.9. The highest BCUT2D eigenvalue weighted by Crippen LogP contribution is 2.19. The van der Waals surface area contributed by atoms with Gasteiger partial charge >= 0.3 is 0 Å². The molecule has 8 heteroatoms. The molecule has 2 rings (SSSR count). The average molecular weight is 315 g/mol. The molecule has 0 aromatic carbocycles. The molecule has 0 spiro atoms. The number of rotatable bonds is 5. The number of carbonyl (C=O) groups is 1. The molecule has 1 amide bonds.